The first kappa shape index (κ1) is 18.0. The van der Waals surface area contributed by atoms with Gasteiger partial charge in [-0.3, -0.25) is 9.48 Å². The van der Waals surface area contributed by atoms with E-state index in [0.29, 0.717) is 5.92 Å². The monoisotopic (exact) mass is 360 g/mol. The molecule has 25 heavy (non-hydrogen) atoms. The predicted molar refractivity (Wildman–Crippen MR) is 102 cm³/mol. The largest absolute Gasteiger partial charge is 0.316 e. The van der Waals surface area contributed by atoms with Gasteiger partial charge in [0.25, 0.3) is 5.91 Å². The number of carbonyl (C=O) groups excluding carboxylic acids is 1. The number of nitrogens with one attached hydrogen (secondary N) is 2. The summed E-state index contributed by atoms with van der Waals surface area (Å²) in [7, 11) is 1.89. The first-order chi connectivity index (χ1) is 11.7. The van der Waals surface area contributed by atoms with Gasteiger partial charge in [-0.25, -0.2) is 0 Å². The Bertz CT molecular complexity index is 767. The Morgan fingerprint density at radius 3 is 2.68 bits per heavy atom. The summed E-state index contributed by atoms with van der Waals surface area (Å²) in [4.78, 5) is 12.6. The molecular weight excluding hydrogens is 336 g/mol. The number of benzene rings is 1. The third-order valence-corrected chi connectivity index (χ3v) is 5.27. The summed E-state index contributed by atoms with van der Waals surface area (Å²) >= 11 is 0. The number of nitrogens with zero attached hydrogens (tertiary/aromatic N) is 2. The molecule has 1 saturated carbocycles. The van der Waals surface area contributed by atoms with E-state index in [-0.39, 0.29) is 18.3 Å². The lowest BCUT2D eigenvalue weighted by atomic mass is 9.83. The molecule has 2 N–H and O–H groups in total. The zero-order chi connectivity index (χ0) is 16.5. The van der Waals surface area contributed by atoms with Crippen LogP contribution < -0.4 is 10.6 Å². The first-order valence-corrected chi connectivity index (χ1v) is 8.88. The molecule has 1 amide bonds. The van der Waals surface area contributed by atoms with Crippen molar-refractivity contribution in [2.24, 2.45) is 7.05 Å². The second kappa shape index (κ2) is 7.58. The summed E-state index contributed by atoms with van der Waals surface area (Å²) in [6, 6.07) is 8.10. The minimum Gasteiger partial charge on any atom is -0.316 e. The number of aryl methyl sites for hydroxylation is 1. The van der Waals surface area contributed by atoms with Crippen molar-refractivity contribution in [1.29, 1.82) is 0 Å². The molecule has 4 rings (SSSR count). The van der Waals surface area contributed by atoms with Gasteiger partial charge in [-0.1, -0.05) is 12.5 Å². The van der Waals surface area contributed by atoms with Crippen LogP contribution in [-0.2, 0) is 19.9 Å². The first-order valence-electron chi connectivity index (χ1n) is 8.88. The van der Waals surface area contributed by atoms with Gasteiger partial charge in [0.05, 0.1) is 5.69 Å². The summed E-state index contributed by atoms with van der Waals surface area (Å²) < 4.78 is 1.78. The van der Waals surface area contributed by atoms with Gasteiger partial charge in [0.1, 0.15) is 5.82 Å². The van der Waals surface area contributed by atoms with Crippen LogP contribution in [-0.4, -0.2) is 28.8 Å². The fourth-order valence-electron chi connectivity index (χ4n) is 3.51. The van der Waals surface area contributed by atoms with Crippen LogP contribution in [0.2, 0.25) is 0 Å². The highest BCUT2D eigenvalue weighted by Gasteiger charge is 2.23. The number of rotatable bonds is 3. The molecule has 2 aromatic rings. The lowest BCUT2D eigenvalue weighted by Gasteiger charge is -2.22. The molecule has 0 radical (unpaired) electrons. The molecule has 1 aromatic heterocycles. The highest BCUT2D eigenvalue weighted by molar-refractivity contribution is 6.04. The van der Waals surface area contributed by atoms with Gasteiger partial charge in [0.2, 0.25) is 0 Å². The van der Waals surface area contributed by atoms with Gasteiger partial charge < -0.3 is 10.6 Å². The Morgan fingerprint density at radius 2 is 1.96 bits per heavy atom. The average molecular weight is 361 g/mol. The van der Waals surface area contributed by atoms with Gasteiger partial charge in [0.15, 0.2) is 0 Å². The fraction of sp³-hybridized carbons (Fsp3) is 0.474. The van der Waals surface area contributed by atoms with Crippen LogP contribution in [0.1, 0.15) is 52.4 Å². The number of hydrogen-bond acceptors (Lipinski definition) is 3. The van der Waals surface area contributed by atoms with E-state index in [1.165, 1.54) is 30.4 Å². The number of aromatic nitrogens is 2. The number of halogens is 1. The van der Waals surface area contributed by atoms with Crippen molar-refractivity contribution < 1.29 is 4.79 Å². The number of anilines is 1. The Kier molecular flexibility index (Phi) is 5.45. The van der Waals surface area contributed by atoms with Crippen molar-refractivity contribution >= 4 is 24.1 Å². The standard InChI is InChI=1S/C19H24N4O.ClH/c1-23-18(12-17(22-23)14-3-2-4-14)21-19(24)16-6-5-13-7-9-20-10-8-15(13)11-16;/h5-6,11-12,14,20H,2-4,7-10H2,1H3,(H,21,24);1H. The van der Waals surface area contributed by atoms with Crippen molar-refractivity contribution in [3.63, 3.8) is 0 Å². The highest BCUT2D eigenvalue weighted by atomic mass is 35.5. The molecule has 134 valence electrons. The van der Waals surface area contributed by atoms with E-state index in [2.05, 4.69) is 21.8 Å². The van der Waals surface area contributed by atoms with Crippen LogP contribution in [0.4, 0.5) is 5.82 Å². The summed E-state index contributed by atoms with van der Waals surface area (Å²) in [5.41, 5.74) is 4.46. The fourth-order valence-corrected chi connectivity index (χ4v) is 3.51. The molecule has 1 fully saturated rings. The van der Waals surface area contributed by atoms with E-state index in [1.807, 2.05) is 25.2 Å². The third-order valence-electron chi connectivity index (χ3n) is 5.27. The van der Waals surface area contributed by atoms with Crippen molar-refractivity contribution in [2.75, 3.05) is 18.4 Å². The summed E-state index contributed by atoms with van der Waals surface area (Å²) in [6.45, 7) is 1.99. The highest BCUT2D eigenvalue weighted by Crippen LogP contribution is 2.36. The van der Waals surface area contributed by atoms with E-state index >= 15 is 0 Å². The molecule has 0 atom stereocenters. The maximum absolute atomic E-state index is 12.6. The Balaban J connectivity index is 0.00000182. The molecule has 0 spiro atoms. The van der Waals surface area contributed by atoms with E-state index in [1.54, 1.807) is 4.68 Å². The molecule has 0 unspecified atom stereocenters. The van der Waals surface area contributed by atoms with Gasteiger partial charge >= 0.3 is 0 Å². The van der Waals surface area contributed by atoms with E-state index < -0.39 is 0 Å². The number of carbonyl (C=O) groups is 1. The maximum Gasteiger partial charge on any atom is 0.256 e. The molecule has 1 aromatic carbocycles. The van der Waals surface area contributed by atoms with E-state index in [4.69, 9.17) is 0 Å². The number of fused-ring (bicyclic) bond motifs is 1. The molecule has 1 aliphatic heterocycles. The second-order valence-corrected chi connectivity index (χ2v) is 6.89. The SMILES string of the molecule is Cl.Cn1nc(C2CCC2)cc1NC(=O)c1ccc2c(c1)CCNCC2. The van der Waals surface area contributed by atoms with Gasteiger partial charge in [0, 0.05) is 24.6 Å². The van der Waals surface area contributed by atoms with Crippen LogP contribution in [0, 0.1) is 0 Å². The molecule has 0 saturated heterocycles. The van der Waals surface area contributed by atoms with Gasteiger partial charge in [-0.2, -0.15) is 5.10 Å². The second-order valence-electron chi connectivity index (χ2n) is 6.89. The van der Waals surface area contributed by atoms with E-state index in [9.17, 15) is 4.79 Å². The zero-order valence-electron chi connectivity index (χ0n) is 14.5. The van der Waals surface area contributed by atoms with Crippen LogP contribution in [0.3, 0.4) is 0 Å². The van der Waals surface area contributed by atoms with Crippen LogP contribution in [0.5, 0.6) is 0 Å². The molecule has 1 aliphatic carbocycles. The van der Waals surface area contributed by atoms with Crippen molar-refractivity contribution in [3.05, 3.63) is 46.6 Å². The minimum absolute atomic E-state index is 0. The Labute approximate surface area is 154 Å². The number of amides is 1. The van der Waals surface area contributed by atoms with Gasteiger partial charge in [-0.15, -0.1) is 12.4 Å². The smallest absolute Gasteiger partial charge is 0.256 e. The van der Waals surface area contributed by atoms with Crippen LogP contribution >= 0.6 is 12.4 Å². The maximum atomic E-state index is 12.6. The molecule has 6 heteroatoms. The summed E-state index contributed by atoms with van der Waals surface area (Å²) in [5.74, 6) is 1.29. The normalized spacial score (nSPS) is 17.0. The van der Waals surface area contributed by atoms with Crippen molar-refractivity contribution in [1.82, 2.24) is 15.1 Å². The summed E-state index contributed by atoms with van der Waals surface area (Å²) in [6.07, 6.45) is 5.72. The Morgan fingerprint density at radius 1 is 1.20 bits per heavy atom. The van der Waals surface area contributed by atoms with Crippen LogP contribution in [0.25, 0.3) is 0 Å². The molecular formula is C19H25ClN4O. The summed E-state index contributed by atoms with van der Waals surface area (Å²) in [5, 5.41) is 11.0. The predicted octanol–water partition coefficient (Wildman–Crippen LogP) is 3.05. The molecule has 2 heterocycles. The number of hydrogen-bond donors (Lipinski definition) is 2. The molecule has 0 bridgehead atoms. The van der Waals surface area contributed by atoms with Crippen molar-refractivity contribution in [2.45, 2.75) is 38.0 Å². The lowest BCUT2D eigenvalue weighted by Crippen LogP contribution is -2.16. The molecule has 5 nitrogen and oxygen atoms in total. The Hall–Kier alpha value is -1.85. The lowest BCUT2D eigenvalue weighted by molar-refractivity contribution is 0.102. The molecule has 2 aliphatic rings. The average Bonchev–Trinajstić information content (AvgIpc) is 2.73. The minimum atomic E-state index is -0.0573. The van der Waals surface area contributed by atoms with Gasteiger partial charge in [-0.05, 0) is 62.0 Å². The van der Waals surface area contributed by atoms with E-state index in [0.717, 1.165) is 43.0 Å². The quantitative estimate of drug-likeness (QED) is 0.884. The third kappa shape index (κ3) is 3.72. The van der Waals surface area contributed by atoms with Crippen LogP contribution in [0.15, 0.2) is 24.3 Å². The topological polar surface area (TPSA) is 59.0 Å². The zero-order valence-corrected chi connectivity index (χ0v) is 15.4. The van der Waals surface area contributed by atoms with Crippen molar-refractivity contribution in [3.8, 4) is 0 Å².